The van der Waals surface area contributed by atoms with E-state index in [1.165, 1.54) is 0 Å². The molecule has 0 saturated carbocycles. The van der Waals surface area contributed by atoms with Gasteiger partial charge in [0.05, 0.1) is 0 Å². The maximum absolute atomic E-state index is 12.1. The first-order valence-electron chi connectivity index (χ1n) is 2.82. The van der Waals surface area contributed by atoms with Crippen LogP contribution in [0.1, 0.15) is 0 Å². The van der Waals surface area contributed by atoms with Crippen LogP contribution in [0.2, 0.25) is 0 Å². The fourth-order valence-corrected chi connectivity index (χ4v) is 0.305. The van der Waals surface area contributed by atoms with Gasteiger partial charge in [0.25, 0.3) is 0 Å². The molecule has 0 aliphatic rings. The standard InChI is InChI=1S/C4H8F4N4/c5-2(6)4(7,8)1-11-3(9)12-10/h2H,1,10H2,(H3,9,11,12). The third-order valence-corrected chi connectivity index (χ3v) is 0.927. The molecule has 0 aromatic rings. The molecule has 0 amide bonds. The number of nitrogens with one attached hydrogen (secondary N) is 1. The second kappa shape index (κ2) is 4.10. The molecule has 0 bridgehead atoms. The highest BCUT2D eigenvalue weighted by molar-refractivity contribution is 5.77. The molecule has 0 heterocycles. The highest BCUT2D eigenvalue weighted by Gasteiger charge is 2.40. The van der Waals surface area contributed by atoms with Crippen molar-refractivity contribution >= 4 is 5.96 Å². The number of nitrogens with zero attached hydrogens (tertiary/aromatic N) is 1. The molecule has 8 heteroatoms. The van der Waals surface area contributed by atoms with Gasteiger partial charge in [0.1, 0.15) is 6.54 Å². The van der Waals surface area contributed by atoms with Crippen LogP contribution in [0.15, 0.2) is 4.99 Å². The van der Waals surface area contributed by atoms with Crippen LogP contribution in [0.5, 0.6) is 0 Å². The van der Waals surface area contributed by atoms with Crippen molar-refractivity contribution in [3.63, 3.8) is 0 Å². The second-order valence-corrected chi connectivity index (χ2v) is 1.91. The molecule has 4 nitrogen and oxygen atoms in total. The molecule has 12 heavy (non-hydrogen) atoms. The molecule has 0 fully saturated rings. The summed E-state index contributed by atoms with van der Waals surface area (Å²) in [7, 11) is 0. The minimum Gasteiger partial charge on any atom is -0.369 e. The van der Waals surface area contributed by atoms with Crippen molar-refractivity contribution in [2.24, 2.45) is 16.6 Å². The average molecular weight is 188 g/mol. The summed E-state index contributed by atoms with van der Waals surface area (Å²) in [6.07, 6.45) is -3.76. The summed E-state index contributed by atoms with van der Waals surface area (Å²) in [6.45, 7) is -1.39. The lowest BCUT2D eigenvalue weighted by Crippen LogP contribution is -2.39. The van der Waals surface area contributed by atoms with Crippen LogP contribution >= 0.6 is 0 Å². The number of halogens is 4. The highest BCUT2D eigenvalue weighted by Crippen LogP contribution is 2.22. The Bertz CT molecular complexity index is 168. The maximum Gasteiger partial charge on any atom is 0.326 e. The lowest BCUT2D eigenvalue weighted by atomic mass is 10.3. The summed E-state index contributed by atoms with van der Waals surface area (Å²) < 4.78 is 47.0. The summed E-state index contributed by atoms with van der Waals surface area (Å²) in [5.74, 6) is -0.0441. The number of hydrogen-bond acceptors (Lipinski definition) is 2. The van der Waals surface area contributed by atoms with Gasteiger partial charge in [-0.15, -0.1) is 0 Å². The Morgan fingerprint density at radius 2 is 2.00 bits per heavy atom. The largest absolute Gasteiger partial charge is 0.369 e. The SMILES string of the molecule is NNC(N)=NCC(F)(F)C(F)F. The zero-order valence-electron chi connectivity index (χ0n) is 5.90. The molecule has 0 spiro atoms. The molecule has 0 rings (SSSR count). The fraction of sp³-hybridized carbons (Fsp3) is 0.750. The van der Waals surface area contributed by atoms with Gasteiger partial charge in [-0.05, 0) is 0 Å². The van der Waals surface area contributed by atoms with E-state index >= 15 is 0 Å². The van der Waals surface area contributed by atoms with E-state index < -0.39 is 24.9 Å². The smallest absolute Gasteiger partial charge is 0.326 e. The lowest BCUT2D eigenvalue weighted by Gasteiger charge is -2.11. The summed E-state index contributed by atoms with van der Waals surface area (Å²) in [5, 5.41) is 0. The van der Waals surface area contributed by atoms with Gasteiger partial charge in [-0.3, -0.25) is 5.43 Å². The Kier molecular flexibility index (Phi) is 3.74. The van der Waals surface area contributed by atoms with Crippen LogP contribution in [0.25, 0.3) is 0 Å². The topological polar surface area (TPSA) is 76.4 Å². The molecule has 0 atom stereocenters. The minimum atomic E-state index is -4.17. The fourth-order valence-electron chi connectivity index (χ4n) is 0.305. The van der Waals surface area contributed by atoms with E-state index in [4.69, 9.17) is 5.73 Å². The molecule has 0 aromatic carbocycles. The highest BCUT2D eigenvalue weighted by atomic mass is 19.3. The molecule has 0 aromatic heterocycles. The van der Waals surface area contributed by atoms with Crippen molar-refractivity contribution in [3.05, 3.63) is 0 Å². The predicted molar refractivity (Wildman–Crippen MR) is 34.8 cm³/mol. The third-order valence-electron chi connectivity index (χ3n) is 0.927. The Morgan fingerprint density at radius 1 is 1.50 bits per heavy atom. The van der Waals surface area contributed by atoms with Crippen molar-refractivity contribution in [1.29, 1.82) is 0 Å². The van der Waals surface area contributed by atoms with Crippen molar-refractivity contribution in [2.75, 3.05) is 6.54 Å². The molecular formula is C4H8F4N4. The normalized spacial score (nSPS) is 13.7. The predicted octanol–water partition coefficient (Wildman–Crippen LogP) is -0.335. The van der Waals surface area contributed by atoms with Crippen molar-refractivity contribution in [3.8, 4) is 0 Å². The van der Waals surface area contributed by atoms with E-state index in [1.807, 2.05) is 0 Å². The van der Waals surface area contributed by atoms with Gasteiger partial charge in [0, 0.05) is 0 Å². The van der Waals surface area contributed by atoms with E-state index in [0.717, 1.165) is 0 Å². The van der Waals surface area contributed by atoms with Crippen LogP contribution in [0.3, 0.4) is 0 Å². The summed E-state index contributed by atoms with van der Waals surface area (Å²) >= 11 is 0. The Morgan fingerprint density at radius 3 is 2.33 bits per heavy atom. The molecule has 0 aliphatic heterocycles. The van der Waals surface area contributed by atoms with Gasteiger partial charge >= 0.3 is 12.3 Å². The van der Waals surface area contributed by atoms with Gasteiger partial charge in [-0.1, -0.05) is 0 Å². The first-order chi connectivity index (χ1) is 5.40. The maximum atomic E-state index is 12.1. The second-order valence-electron chi connectivity index (χ2n) is 1.91. The molecule has 72 valence electrons. The number of nitrogens with two attached hydrogens (primary N) is 2. The Labute approximate surface area is 65.6 Å². The van der Waals surface area contributed by atoms with Crippen molar-refractivity contribution < 1.29 is 17.6 Å². The number of hydrogen-bond donors (Lipinski definition) is 3. The van der Waals surface area contributed by atoms with Gasteiger partial charge < -0.3 is 5.73 Å². The monoisotopic (exact) mass is 188 g/mol. The molecule has 5 N–H and O–H groups in total. The quantitative estimate of drug-likeness (QED) is 0.186. The first kappa shape index (κ1) is 11.0. The van der Waals surface area contributed by atoms with Crippen LogP contribution in [0, 0.1) is 0 Å². The zero-order chi connectivity index (χ0) is 9.78. The van der Waals surface area contributed by atoms with E-state index in [9.17, 15) is 17.6 Å². The molecule has 0 radical (unpaired) electrons. The number of hydrazine groups is 1. The Balaban J connectivity index is 4.08. The number of aliphatic imine (C=N–C) groups is 1. The van der Waals surface area contributed by atoms with E-state index in [0.29, 0.717) is 0 Å². The van der Waals surface area contributed by atoms with Crippen LogP contribution in [-0.4, -0.2) is 24.9 Å². The van der Waals surface area contributed by atoms with E-state index in [-0.39, 0.29) is 0 Å². The average Bonchev–Trinajstić information content (AvgIpc) is 2.00. The van der Waals surface area contributed by atoms with Crippen LogP contribution < -0.4 is 17.0 Å². The molecule has 0 aliphatic carbocycles. The van der Waals surface area contributed by atoms with E-state index in [2.05, 4.69) is 10.8 Å². The summed E-state index contributed by atoms with van der Waals surface area (Å²) in [5.41, 5.74) is 6.54. The third kappa shape index (κ3) is 3.37. The molecular weight excluding hydrogens is 180 g/mol. The van der Waals surface area contributed by atoms with Crippen molar-refractivity contribution in [1.82, 2.24) is 5.43 Å². The summed E-state index contributed by atoms with van der Waals surface area (Å²) in [6, 6.07) is 0. The van der Waals surface area contributed by atoms with Gasteiger partial charge in [-0.2, -0.15) is 8.78 Å². The van der Waals surface area contributed by atoms with Gasteiger partial charge in [0.2, 0.25) is 5.96 Å². The number of rotatable bonds is 3. The summed E-state index contributed by atoms with van der Waals surface area (Å²) in [4.78, 5) is 2.86. The first-order valence-corrected chi connectivity index (χ1v) is 2.82. The lowest BCUT2D eigenvalue weighted by molar-refractivity contribution is -0.120. The Hall–Kier alpha value is -1.05. The van der Waals surface area contributed by atoms with E-state index in [1.54, 1.807) is 5.43 Å². The van der Waals surface area contributed by atoms with Gasteiger partial charge in [0.15, 0.2) is 0 Å². The van der Waals surface area contributed by atoms with Crippen molar-refractivity contribution in [2.45, 2.75) is 12.3 Å². The number of alkyl halides is 4. The van der Waals surface area contributed by atoms with Gasteiger partial charge in [-0.25, -0.2) is 19.6 Å². The minimum absolute atomic E-state index is 0.518. The van der Waals surface area contributed by atoms with Crippen LogP contribution in [-0.2, 0) is 0 Å². The molecule has 0 saturated heterocycles. The molecule has 0 unspecified atom stereocenters. The van der Waals surface area contributed by atoms with Crippen LogP contribution in [0.4, 0.5) is 17.6 Å². The number of guanidine groups is 1. The zero-order valence-corrected chi connectivity index (χ0v) is 5.90.